The summed E-state index contributed by atoms with van der Waals surface area (Å²) in [4.78, 5) is 0. The van der Waals surface area contributed by atoms with Crippen LogP contribution in [-0.4, -0.2) is 6.04 Å². The largest absolute Gasteiger partial charge is 0.271 e. The van der Waals surface area contributed by atoms with Gasteiger partial charge >= 0.3 is 0 Å². The fourth-order valence-corrected chi connectivity index (χ4v) is 4.35. The van der Waals surface area contributed by atoms with E-state index < -0.39 is 0 Å². The molecule has 2 aliphatic carbocycles. The summed E-state index contributed by atoms with van der Waals surface area (Å²) in [5, 5.41) is 0. The van der Waals surface area contributed by atoms with Gasteiger partial charge in [0.25, 0.3) is 0 Å². The summed E-state index contributed by atoms with van der Waals surface area (Å²) in [5.74, 6) is 8.59. The Labute approximate surface area is 129 Å². The van der Waals surface area contributed by atoms with Gasteiger partial charge in [-0.05, 0) is 53.6 Å². The molecule has 3 atom stereocenters. The number of hydrazine groups is 1. The second kappa shape index (κ2) is 5.73. The maximum Gasteiger partial charge on any atom is 0.0284 e. The molecule has 0 amide bonds. The molecular formula is C19H30N2. The molecule has 0 radical (unpaired) electrons. The van der Waals surface area contributed by atoms with Gasteiger partial charge in [-0.2, -0.15) is 0 Å². The van der Waals surface area contributed by atoms with Gasteiger partial charge in [0.15, 0.2) is 0 Å². The molecule has 0 bridgehead atoms. The normalized spacial score (nSPS) is 29.8. The molecule has 21 heavy (non-hydrogen) atoms. The van der Waals surface area contributed by atoms with Crippen LogP contribution in [0.3, 0.4) is 0 Å². The molecule has 0 spiro atoms. The van der Waals surface area contributed by atoms with Crippen LogP contribution in [0.25, 0.3) is 0 Å². The van der Waals surface area contributed by atoms with Crippen molar-refractivity contribution < 1.29 is 0 Å². The van der Waals surface area contributed by atoms with Crippen LogP contribution in [0, 0.1) is 17.8 Å². The van der Waals surface area contributed by atoms with Gasteiger partial charge in [-0.25, -0.2) is 0 Å². The Hall–Kier alpha value is -0.860. The zero-order chi connectivity index (χ0) is 15.0. The molecule has 3 N–H and O–H groups in total. The Morgan fingerprint density at radius 3 is 2.14 bits per heavy atom. The molecule has 0 aromatic heterocycles. The first kappa shape index (κ1) is 15.1. The van der Waals surface area contributed by atoms with Gasteiger partial charge in [0.2, 0.25) is 0 Å². The number of rotatable bonds is 4. The molecule has 0 heterocycles. The molecule has 2 saturated carbocycles. The highest BCUT2D eigenvalue weighted by Crippen LogP contribution is 2.57. The SMILES string of the molecule is CC(C)(C)c1ccc(CC(NN)C2C3CCCCC32)cc1. The highest BCUT2D eigenvalue weighted by atomic mass is 15.2. The van der Waals surface area contributed by atoms with Crippen molar-refractivity contribution in [1.82, 2.24) is 5.43 Å². The lowest BCUT2D eigenvalue weighted by Crippen LogP contribution is -2.39. The van der Waals surface area contributed by atoms with Gasteiger partial charge in [0.05, 0.1) is 0 Å². The van der Waals surface area contributed by atoms with Crippen LogP contribution in [0.5, 0.6) is 0 Å². The van der Waals surface area contributed by atoms with Crippen LogP contribution in [0.4, 0.5) is 0 Å². The van der Waals surface area contributed by atoms with E-state index in [2.05, 4.69) is 50.5 Å². The minimum atomic E-state index is 0.232. The van der Waals surface area contributed by atoms with E-state index in [9.17, 15) is 0 Å². The lowest BCUT2D eigenvalue weighted by molar-refractivity contribution is 0.437. The van der Waals surface area contributed by atoms with Crippen LogP contribution >= 0.6 is 0 Å². The fraction of sp³-hybridized carbons (Fsp3) is 0.684. The third kappa shape index (κ3) is 3.17. The van der Waals surface area contributed by atoms with Crippen molar-refractivity contribution in [2.24, 2.45) is 23.6 Å². The van der Waals surface area contributed by atoms with E-state index in [0.717, 1.165) is 24.2 Å². The van der Waals surface area contributed by atoms with Gasteiger partial charge in [-0.1, -0.05) is 57.9 Å². The Morgan fingerprint density at radius 1 is 1.10 bits per heavy atom. The van der Waals surface area contributed by atoms with Crippen LogP contribution < -0.4 is 11.3 Å². The second-order valence-electron chi connectivity index (χ2n) is 8.11. The Balaban J connectivity index is 1.65. The topological polar surface area (TPSA) is 38.0 Å². The zero-order valence-corrected chi connectivity index (χ0v) is 13.7. The summed E-state index contributed by atoms with van der Waals surface area (Å²) in [6.07, 6.45) is 6.77. The predicted molar refractivity (Wildman–Crippen MR) is 88.9 cm³/mol. The maximum absolute atomic E-state index is 5.86. The summed E-state index contributed by atoms with van der Waals surface area (Å²) in [6.45, 7) is 6.80. The molecular weight excluding hydrogens is 256 g/mol. The molecule has 0 aliphatic heterocycles. The first-order chi connectivity index (χ1) is 10.0. The molecule has 2 aliphatic rings. The molecule has 2 heteroatoms. The number of nitrogens with two attached hydrogens (primary N) is 1. The van der Waals surface area contributed by atoms with Crippen molar-refractivity contribution in [1.29, 1.82) is 0 Å². The monoisotopic (exact) mass is 286 g/mol. The third-order valence-electron chi connectivity index (χ3n) is 5.68. The van der Waals surface area contributed by atoms with E-state index in [4.69, 9.17) is 5.84 Å². The highest BCUT2D eigenvalue weighted by Gasteiger charge is 2.53. The Morgan fingerprint density at radius 2 is 1.67 bits per heavy atom. The smallest absolute Gasteiger partial charge is 0.0284 e. The van der Waals surface area contributed by atoms with Gasteiger partial charge in [0, 0.05) is 6.04 Å². The lowest BCUT2D eigenvalue weighted by atomic mass is 9.86. The van der Waals surface area contributed by atoms with E-state index >= 15 is 0 Å². The number of hydrogen-bond donors (Lipinski definition) is 2. The quantitative estimate of drug-likeness (QED) is 0.653. The first-order valence-corrected chi connectivity index (χ1v) is 8.56. The van der Waals surface area contributed by atoms with E-state index in [0.29, 0.717) is 6.04 Å². The van der Waals surface area contributed by atoms with Crippen molar-refractivity contribution in [2.75, 3.05) is 0 Å². The fourth-order valence-electron chi connectivity index (χ4n) is 4.35. The average Bonchev–Trinajstić information content (AvgIpc) is 3.18. The minimum absolute atomic E-state index is 0.232. The van der Waals surface area contributed by atoms with Gasteiger partial charge in [-0.3, -0.25) is 11.3 Å². The average molecular weight is 286 g/mol. The number of nitrogens with one attached hydrogen (secondary N) is 1. The molecule has 1 aromatic rings. The number of fused-ring (bicyclic) bond motifs is 1. The van der Waals surface area contributed by atoms with E-state index in [1.165, 1.54) is 36.8 Å². The van der Waals surface area contributed by atoms with Crippen LogP contribution in [0.2, 0.25) is 0 Å². The highest BCUT2D eigenvalue weighted by molar-refractivity contribution is 5.28. The number of hydrogen-bond acceptors (Lipinski definition) is 2. The van der Waals surface area contributed by atoms with E-state index in [1.807, 2.05) is 0 Å². The Kier molecular flexibility index (Phi) is 4.11. The number of benzene rings is 1. The van der Waals surface area contributed by atoms with Crippen LogP contribution in [-0.2, 0) is 11.8 Å². The van der Waals surface area contributed by atoms with Gasteiger partial charge in [0.1, 0.15) is 0 Å². The van der Waals surface area contributed by atoms with E-state index in [-0.39, 0.29) is 5.41 Å². The predicted octanol–water partition coefficient (Wildman–Crippen LogP) is 3.79. The van der Waals surface area contributed by atoms with Crippen molar-refractivity contribution in [3.63, 3.8) is 0 Å². The van der Waals surface area contributed by atoms with Crippen LogP contribution in [0.15, 0.2) is 24.3 Å². The molecule has 2 fully saturated rings. The summed E-state index contributed by atoms with van der Waals surface area (Å²) in [5.41, 5.74) is 6.16. The Bertz CT molecular complexity index is 459. The third-order valence-corrected chi connectivity index (χ3v) is 5.68. The van der Waals surface area contributed by atoms with Gasteiger partial charge in [-0.15, -0.1) is 0 Å². The lowest BCUT2D eigenvalue weighted by Gasteiger charge is -2.20. The standard InChI is InChI=1S/C19H30N2/c1-19(2,3)14-10-8-13(9-11-14)12-17(21-20)18-15-6-4-5-7-16(15)18/h8-11,15-18,21H,4-7,12,20H2,1-3H3. The van der Waals surface area contributed by atoms with Crippen LogP contribution in [0.1, 0.15) is 57.6 Å². The van der Waals surface area contributed by atoms with Crippen molar-refractivity contribution in [3.8, 4) is 0 Å². The molecule has 116 valence electrons. The van der Waals surface area contributed by atoms with Gasteiger partial charge < -0.3 is 0 Å². The summed E-state index contributed by atoms with van der Waals surface area (Å²) < 4.78 is 0. The summed E-state index contributed by atoms with van der Waals surface area (Å²) in [7, 11) is 0. The molecule has 3 unspecified atom stereocenters. The summed E-state index contributed by atoms with van der Waals surface area (Å²) >= 11 is 0. The van der Waals surface area contributed by atoms with Crippen molar-refractivity contribution in [2.45, 2.75) is 64.3 Å². The second-order valence-corrected chi connectivity index (χ2v) is 8.11. The summed E-state index contributed by atoms with van der Waals surface area (Å²) in [6, 6.07) is 9.60. The van der Waals surface area contributed by atoms with E-state index in [1.54, 1.807) is 0 Å². The molecule has 0 saturated heterocycles. The maximum atomic E-state index is 5.86. The molecule has 2 nitrogen and oxygen atoms in total. The molecule has 3 rings (SSSR count). The first-order valence-electron chi connectivity index (χ1n) is 8.56. The molecule has 1 aromatic carbocycles. The minimum Gasteiger partial charge on any atom is -0.271 e. The van der Waals surface area contributed by atoms with Crippen molar-refractivity contribution >= 4 is 0 Å². The zero-order valence-electron chi connectivity index (χ0n) is 13.7. The van der Waals surface area contributed by atoms with Crippen molar-refractivity contribution in [3.05, 3.63) is 35.4 Å².